The zero-order chi connectivity index (χ0) is 15.2. The number of nitriles is 1. The van der Waals surface area contributed by atoms with Gasteiger partial charge in [0, 0.05) is 14.2 Å². The van der Waals surface area contributed by atoms with Gasteiger partial charge in [0.05, 0.1) is 13.2 Å². The van der Waals surface area contributed by atoms with Gasteiger partial charge in [-0.2, -0.15) is 5.26 Å². The molecule has 0 heterocycles. The molecule has 1 atom stereocenters. The number of hydrogen-bond acceptors (Lipinski definition) is 8. The van der Waals surface area contributed by atoms with E-state index in [-0.39, 0.29) is 13.2 Å². The highest BCUT2D eigenvalue weighted by atomic mass is 31.2. The van der Waals surface area contributed by atoms with E-state index in [1.165, 1.54) is 0 Å². The van der Waals surface area contributed by atoms with Crippen LogP contribution in [0.2, 0.25) is 0 Å². The van der Waals surface area contributed by atoms with Gasteiger partial charge in [0.15, 0.2) is 0 Å². The van der Waals surface area contributed by atoms with Gasteiger partial charge in [-0.25, -0.2) is 4.57 Å². The molecule has 0 aliphatic heterocycles. The molecule has 0 aromatic rings. The van der Waals surface area contributed by atoms with Crippen molar-refractivity contribution in [2.75, 3.05) is 27.4 Å². The third-order valence-corrected chi connectivity index (χ3v) is 6.12. The average Bonchev–Trinajstić information content (AvgIpc) is 2.38. The van der Waals surface area contributed by atoms with Crippen molar-refractivity contribution >= 4 is 15.4 Å². The number of hydrogen-bond donors (Lipinski definition) is 0. The maximum Gasteiger partial charge on any atom is 0.476 e. The van der Waals surface area contributed by atoms with E-state index >= 15 is 0 Å². The van der Waals surface area contributed by atoms with Crippen molar-refractivity contribution in [1.82, 2.24) is 0 Å². The summed E-state index contributed by atoms with van der Waals surface area (Å²) in [5, 5.41) is 7.08. The quantitative estimate of drug-likeness (QED) is 0.598. The number of rotatable bonds is 9. The van der Waals surface area contributed by atoms with Gasteiger partial charge in [-0.05, 0) is 20.8 Å². The Morgan fingerprint density at radius 3 is 1.79 bits per heavy atom. The summed E-state index contributed by atoms with van der Waals surface area (Å²) in [4.78, 5) is 0. The van der Waals surface area contributed by atoms with Crippen LogP contribution in [0.4, 0.5) is 0 Å². The second-order valence-corrected chi connectivity index (χ2v) is 7.50. The van der Waals surface area contributed by atoms with E-state index < -0.39 is 20.8 Å². The normalized spacial score (nSPS) is 15.8. The molecule has 0 bridgehead atoms. The van der Waals surface area contributed by atoms with Gasteiger partial charge in [0.2, 0.25) is 0 Å². The summed E-state index contributed by atoms with van der Waals surface area (Å²) in [5.74, 6) is 0. The summed E-state index contributed by atoms with van der Waals surface area (Å²) in [7, 11) is -5.84. The van der Waals surface area contributed by atoms with Crippen LogP contribution < -0.4 is 0 Å². The topological polar surface area (TPSA) is 104 Å². The first-order valence-electron chi connectivity index (χ1n) is 5.49. The van der Waals surface area contributed by atoms with Crippen molar-refractivity contribution in [2.24, 2.45) is 0 Å². The van der Waals surface area contributed by atoms with E-state index in [1.54, 1.807) is 19.9 Å². The zero-order valence-corrected chi connectivity index (χ0v) is 13.4. The maximum absolute atomic E-state index is 12.6. The Kier molecular flexibility index (Phi) is 7.41. The summed E-state index contributed by atoms with van der Waals surface area (Å²) >= 11 is 0. The van der Waals surface area contributed by atoms with Crippen LogP contribution in [0.25, 0.3) is 0 Å². The van der Waals surface area contributed by atoms with E-state index in [0.717, 1.165) is 21.1 Å². The third kappa shape index (κ3) is 4.37. The molecule has 0 radical (unpaired) electrons. The minimum Gasteiger partial charge on any atom is -0.306 e. The van der Waals surface area contributed by atoms with Crippen LogP contribution in [0.15, 0.2) is 0 Å². The predicted molar refractivity (Wildman–Crippen MR) is 67.6 cm³/mol. The minimum absolute atomic E-state index is 0.0299. The molecular formula is C9H19NO7P2. The summed E-state index contributed by atoms with van der Waals surface area (Å²) in [6.07, 6.45) is 0. The van der Waals surface area contributed by atoms with Crippen LogP contribution in [0.1, 0.15) is 20.8 Å². The van der Waals surface area contributed by atoms with Crippen molar-refractivity contribution in [3.63, 3.8) is 0 Å². The average molecular weight is 315 g/mol. The molecule has 19 heavy (non-hydrogen) atoms. The molecule has 0 rings (SSSR count). The first kappa shape index (κ1) is 18.8. The Labute approximate surface area is 113 Å². The van der Waals surface area contributed by atoms with Gasteiger partial charge in [-0.3, -0.25) is 18.1 Å². The molecule has 0 aliphatic rings. The SMILES string of the molecule is CCOP(=O)(OCC)C(C)(C#N)OP(=O)(OC)OC. The standard InChI is InChI=1S/C9H19NO7P2/c1-6-15-18(11,16-7-2)9(3,8-10)17-19(12,13-4)14-5/h6-7H2,1-5H3. The lowest BCUT2D eigenvalue weighted by molar-refractivity contribution is 0.0841. The summed E-state index contributed by atoms with van der Waals surface area (Å²) < 4.78 is 48.6. The Morgan fingerprint density at radius 2 is 1.53 bits per heavy atom. The molecule has 0 aromatic carbocycles. The largest absolute Gasteiger partial charge is 0.476 e. The lowest BCUT2D eigenvalue weighted by atomic mass is 10.5. The molecule has 1 unspecified atom stereocenters. The highest BCUT2D eigenvalue weighted by Crippen LogP contribution is 2.66. The molecule has 0 aliphatic carbocycles. The molecule has 0 aromatic heterocycles. The van der Waals surface area contributed by atoms with E-state index in [1.807, 2.05) is 0 Å². The highest BCUT2D eigenvalue weighted by molar-refractivity contribution is 7.57. The van der Waals surface area contributed by atoms with Gasteiger partial charge < -0.3 is 9.05 Å². The smallest absolute Gasteiger partial charge is 0.306 e. The number of nitrogens with zero attached hydrogens (tertiary/aromatic N) is 1. The Bertz CT molecular complexity index is 403. The third-order valence-electron chi connectivity index (χ3n) is 2.06. The van der Waals surface area contributed by atoms with Crippen LogP contribution in [0.3, 0.4) is 0 Å². The number of phosphoric acid groups is 1. The second kappa shape index (κ2) is 7.51. The summed E-state index contributed by atoms with van der Waals surface area (Å²) in [6.45, 7) is 4.36. The van der Waals surface area contributed by atoms with Crippen LogP contribution in [0.5, 0.6) is 0 Å². The molecule has 10 heteroatoms. The molecule has 8 nitrogen and oxygen atoms in total. The van der Waals surface area contributed by atoms with Crippen LogP contribution in [0, 0.1) is 11.3 Å². The Hall–Kier alpha value is -0.250. The van der Waals surface area contributed by atoms with E-state index in [0.29, 0.717) is 0 Å². The van der Waals surface area contributed by atoms with Crippen LogP contribution >= 0.6 is 15.4 Å². The van der Waals surface area contributed by atoms with Gasteiger partial charge in [-0.1, -0.05) is 0 Å². The highest BCUT2D eigenvalue weighted by Gasteiger charge is 2.54. The fraction of sp³-hybridized carbons (Fsp3) is 0.889. The van der Waals surface area contributed by atoms with Gasteiger partial charge >= 0.3 is 15.4 Å². The van der Waals surface area contributed by atoms with E-state index in [2.05, 4.69) is 9.05 Å². The van der Waals surface area contributed by atoms with Gasteiger partial charge in [0.1, 0.15) is 6.07 Å². The Morgan fingerprint density at radius 1 is 1.11 bits per heavy atom. The molecule has 0 fully saturated rings. The molecule has 0 saturated heterocycles. The van der Waals surface area contributed by atoms with E-state index in [9.17, 15) is 14.4 Å². The molecule has 112 valence electrons. The zero-order valence-electron chi connectivity index (χ0n) is 11.6. The van der Waals surface area contributed by atoms with Crippen molar-refractivity contribution in [3.05, 3.63) is 0 Å². The fourth-order valence-corrected chi connectivity index (χ4v) is 3.97. The minimum atomic E-state index is -4.02. The molecule has 0 spiro atoms. The van der Waals surface area contributed by atoms with Gasteiger partial charge in [0.25, 0.3) is 5.34 Å². The molecule has 0 N–H and O–H groups in total. The van der Waals surface area contributed by atoms with Crippen molar-refractivity contribution in [2.45, 2.75) is 26.1 Å². The van der Waals surface area contributed by atoms with Crippen LogP contribution in [-0.2, 0) is 31.7 Å². The van der Waals surface area contributed by atoms with Crippen molar-refractivity contribution in [1.29, 1.82) is 5.26 Å². The predicted octanol–water partition coefficient (Wildman–Crippen LogP) is 2.91. The molecule has 0 amide bonds. The lowest BCUT2D eigenvalue weighted by Crippen LogP contribution is -2.28. The second-order valence-electron chi connectivity index (χ2n) is 3.33. The maximum atomic E-state index is 12.6. The van der Waals surface area contributed by atoms with Crippen LogP contribution in [-0.4, -0.2) is 32.8 Å². The monoisotopic (exact) mass is 315 g/mol. The lowest BCUT2D eigenvalue weighted by Gasteiger charge is -2.31. The Balaban J connectivity index is 5.51. The summed E-state index contributed by atoms with van der Waals surface area (Å²) in [6, 6.07) is 1.65. The molecular weight excluding hydrogens is 296 g/mol. The number of phosphoric ester groups is 1. The van der Waals surface area contributed by atoms with Crippen molar-refractivity contribution < 1.29 is 31.7 Å². The fourth-order valence-electron chi connectivity index (χ4n) is 1.12. The van der Waals surface area contributed by atoms with Gasteiger partial charge in [-0.15, -0.1) is 0 Å². The first-order valence-corrected chi connectivity index (χ1v) is 8.49. The van der Waals surface area contributed by atoms with E-state index in [4.69, 9.17) is 13.6 Å². The first-order chi connectivity index (χ1) is 8.76. The molecule has 0 saturated carbocycles. The summed E-state index contributed by atoms with van der Waals surface area (Å²) in [5.41, 5.74) is 0. The van der Waals surface area contributed by atoms with Crippen molar-refractivity contribution in [3.8, 4) is 6.07 Å².